The van der Waals surface area contributed by atoms with Crippen molar-refractivity contribution >= 4 is 55.6 Å². The Morgan fingerprint density at radius 1 is 1.10 bits per heavy atom. The molecule has 2 aromatic carbocycles. The number of benzene rings is 2. The summed E-state index contributed by atoms with van der Waals surface area (Å²) in [7, 11) is -3.90. The normalized spacial score (nSPS) is 15.4. The Morgan fingerprint density at radius 3 is 2.45 bits per heavy atom. The molecule has 0 radical (unpaired) electrons. The maximum absolute atomic E-state index is 11.9. The molecule has 154 valence electrons. The maximum atomic E-state index is 11.9. The van der Waals surface area contributed by atoms with Crippen molar-refractivity contribution in [3.63, 3.8) is 0 Å². The van der Waals surface area contributed by atoms with Gasteiger partial charge in [-0.1, -0.05) is 48.7 Å². The van der Waals surface area contributed by atoms with E-state index < -0.39 is 10.0 Å². The number of aromatic nitrogens is 1. The molecule has 0 amide bonds. The van der Waals surface area contributed by atoms with Crippen LogP contribution in [0.5, 0.6) is 0 Å². The molecule has 1 aliphatic carbocycles. The van der Waals surface area contributed by atoms with Crippen LogP contribution in [-0.2, 0) is 10.0 Å². The highest BCUT2D eigenvalue weighted by atomic mass is 79.9. The summed E-state index contributed by atoms with van der Waals surface area (Å²) in [5.41, 5.74) is 2.60. The van der Waals surface area contributed by atoms with Gasteiger partial charge in [-0.3, -0.25) is 0 Å². The molecule has 0 bridgehead atoms. The molecule has 0 atom stereocenters. The average Bonchev–Trinajstić information content (AvgIpc) is 3.31. The first-order valence-corrected chi connectivity index (χ1v) is 11.9. The highest BCUT2D eigenvalue weighted by Gasteiger charge is 2.23. The number of nitrogens with zero attached hydrogens (tertiary/aromatic N) is 2. The number of halogens is 2. The van der Waals surface area contributed by atoms with Gasteiger partial charge in [0.1, 0.15) is 4.90 Å². The first-order valence-electron chi connectivity index (χ1n) is 9.06. The molecule has 3 aromatic rings. The van der Waals surface area contributed by atoms with E-state index in [1.807, 2.05) is 41.8 Å². The van der Waals surface area contributed by atoms with Gasteiger partial charge in [-0.25, -0.2) is 18.5 Å². The van der Waals surface area contributed by atoms with Gasteiger partial charge in [0.05, 0.1) is 16.4 Å². The van der Waals surface area contributed by atoms with Crippen molar-refractivity contribution in [3.05, 3.63) is 63.7 Å². The lowest BCUT2D eigenvalue weighted by Crippen LogP contribution is -2.20. The number of thiazole rings is 1. The monoisotopic (exact) mass is 513 g/mol. The molecule has 1 saturated carbocycles. The second-order valence-electron chi connectivity index (χ2n) is 6.85. The zero-order chi connectivity index (χ0) is 19.7. The first-order chi connectivity index (χ1) is 13.4. The van der Waals surface area contributed by atoms with Gasteiger partial charge >= 0.3 is 0 Å². The predicted molar refractivity (Wildman–Crippen MR) is 124 cm³/mol. The molecular weight excluding hydrogens is 494 g/mol. The lowest BCUT2D eigenvalue weighted by Gasteiger charge is -2.16. The molecule has 5 nitrogen and oxygen atoms in total. The Kier molecular flexibility index (Phi) is 7.01. The smallest absolute Gasteiger partial charge is 0.239 e. The van der Waals surface area contributed by atoms with Crippen molar-refractivity contribution in [2.75, 3.05) is 0 Å². The second kappa shape index (κ2) is 9.14. The quantitative estimate of drug-likeness (QED) is 0.503. The van der Waals surface area contributed by atoms with Crippen molar-refractivity contribution < 1.29 is 8.42 Å². The van der Waals surface area contributed by atoms with E-state index in [0.29, 0.717) is 6.04 Å². The molecule has 0 aliphatic heterocycles. The number of rotatable bonds is 4. The van der Waals surface area contributed by atoms with Crippen LogP contribution in [0.15, 0.2) is 63.8 Å². The summed E-state index contributed by atoms with van der Waals surface area (Å²) >= 11 is 7.62. The number of hydrogen-bond donors (Lipinski definition) is 1. The van der Waals surface area contributed by atoms with Crippen molar-refractivity contribution in [2.24, 2.45) is 10.1 Å². The number of sulfonamides is 1. The average molecular weight is 515 g/mol. The summed E-state index contributed by atoms with van der Waals surface area (Å²) in [5.74, 6) is 0. The molecule has 4 rings (SSSR count). The summed E-state index contributed by atoms with van der Waals surface area (Å²) in [4.78, 5) is 5.68. The van der Waals surface area contributed by atoms with Gasteiger partial charge in [0, 0.05) is 17.0 Å². The molecular formula is C20H21BrClN3O2S2. The zero-order valence-corrected chi connectivity index (χ0v) is 19.6. The summed E-state index contributed by atoms with van der Waals surface area (Å²) in [5, 5.41) is 7.49. The summed E-state index contributed by atoms with van der Waals surface area (Å²) in [6.45, 7) is 0. The molecule has 1 aromatic heterocycles. The van der Waals surface area contributed by atoms with Crippen molar-refractivity contribution in [2.45, 2.75) is 36.6 Å². The van der Waals surface area contributed by atoms with Gasteiger partial charge in [-0.2, -0.15) is 0 Å². The molecule has 0 spiro atoms. The molecule has 29 heavy (non-hydrogen) atoms. The standard InChI is InChI=1S/C20H20ClN3O2S2.BrH/c21-17-11-10-14(12-19(17)28(22,25)26)18-13-27-20(23-15-6-2-1-3-7-15)24(18)16-8-4-5-9-16;/h1-3,6-7,10-13,16H,4-5,8-9H2,(H2,22,25,26);1H. The Hall–Kier alpha value is -1.45. The zero-order valence-electron chi connectivity index (χ0n) is 15.5. The van der Waals surface area contributed by atoms with Crippen molar-refractivity contribution in [3.8, 4) is 11.3 Å². The molecule has 0 unspecified atom stereocenters. The molecule has 1 fully saturated rings. The van der Waals surface area contributed by atoms with E-state index in [9.17, 15) is 8.42 Å². The molecule has 9 heteroatoms. The fourth-order valence-corrected chi connectivity index (χ4v) is 5.68. The molecule has 1 aliphatic rings. The van der Waals surface area contributed by atoms with Crippen molar-refractivity contribution in [1.29, 1.82) is 0 Å². The van der Waals surface area contributed by atoms with Crippen LogP contribution in [0.25, 0.3) is 11.3 Å². The third-order valence-electron chi connectivity index (χ3n) is 4.95. The second-order valence-corrected chi connectivity index (χ2v) is 9.62. The molecule has 1 heterocycles. The van der Waals surface area contributed by atoms with Crippen LogP contribution in [0.3, 0.4) is 0 Å². The van der Waals surface area contributed by atoms with Crippen LogP contribution in [0.4, 0.5) is 5.69 Å². The summed E-state index contributed by atoms with van der Waals surface area (Å²) in [6.07, 6.45) is 4.53. The minimum Gasteiger partial charge on any atom is -0.313 e. The fourth-order valence-electron chi connectivity index (χ4n) is 3.62. The van der Waals surface area contributed by atoms with E-state index in [-0.39, 0.29) is 26.9 Å². The van der Waals surface area contributed by atoms with Gasteiger partial charge in [0.15, 0.2) is 4.80 Å². The Bertz CT molecular complexity index is 1170. The summed E-state index contributed by atoms with van der Waals surface area (Å²) in [6, 6.07) is 15.1. The van der Waals surface area contributed by atoms with E-state index in [2.05, 4.69) is 4.57 Å². The van der Waals surface area contributed by atoms with Crippen molar-refractivity contribution in [1.82, 2.24) is 4.57 Å². The number of nitrogens with two attached hydrogens (primary N) is 1. The largest absolute Gasteiger partial charge is 0.313 e. The van der Waals surface area contributed by atoms with Crippen LogP contribution in [0.2, 0.25) is 5.02 Å². The van der Waals surface area contributed by atoms with Crippen LogP contribution < -0.4 is 9.94 Å². The van der Waals surface area contributed by atoms with E-state index in [4.69, 9.17) is 21.7 Å². The van der Waals surface area contributed by atoms with E-state index in [1.54, 1.807) is 23.5 Å². The van der Waals surface area contributed by atoms with Crippen LogP contribution in [-0.4, -0.2) is 13.0 Å². The fraction of sp³-hybridized carbons (Fsp3) is 0.250. The Balaban J connectivity index is 0.00000240. The van der Waals surface area contributed by atoms with Gasteiger partial charge in [0.25, 0.3) is 0 Å². The van der Waals surface area contributed by atoms with E-state index in [0.717, 1.165) is 34.6 Å². The lowest BCUT2D eigenvalue weighted by atomic mass is 10.1. The highest BCUT2D eigenvalue weighted by Crippen LogP contribution is 2.35. The lowest BCUT2D eigenvalue weighted by molar-refractivity contribution is 0.512. The molecule has 0 saturated heterocycles. The summed E-state index contributed by atoms with van der Waals surface area (Å²) < 4.78 is 26.0. The van der Waals surface area contributed by atoms with Gasteiger partial charge in [0.2, 0.25) is 10.0 Å². The first kappa shape index (κ1) is 22.2. The highest BCUT2D eigenvalue weighted by molar-refractivity contribution is 8.93. The van der Waals surface area contributed by atoms with Gasteiger partial charge < -0.3 is 4.57 Å². The van der Waals surface area contributed by atoms with E-state index >= 15 is 0 Å². The number of primary sulfonamides is 1. The minimum atomic E-state index is -3.90. The SMILES string of the molecule is Br.NS(=O)(=O)c1cc(-c2csc(=Nc3ccccc3)n2C2CCCC2)ccc1Cl. The van der Waals surface area contributed by atoms with Crippen LogP contribution in [0.1, 0.15) is 31.7 Å². The number of hydrogen-bond acceptors (Lipinski definition) is 4. The topological polar surface area (TPSA) is 77.5 Å². The minimum absolute atomic E-state index is 0. The third-order valence-corrected chi connectivity index (χ3v) is 7.18. The predicted octanol–water partition coefficient (Wildman–Crippen LogP) is 5.44. The van der Waals surface area contributed by atoms with Crippen LogP contribution in [0, 0.1) is 0 Å². The Labute approximate surface area is 189 Å². The van der Waals surface area contributed by atoms with Gasteiger partial charge in [-0.15, -0.1) is 28.3 Å². The Morgan fingerprint density at radius 2 is 1.79 bits per heavy atom. The maximum Gasteiger partial charge on any atom is 0.239 e. The van der Waals surface area contributed by atoms with Crippen LogP contribution >= 0.6 is 39.9 Å². The third kappa shape index (κ3) is 4.83. The van der Waals surface area contributed by atoms with E-state index in [1.165, 1.54) is 12.8 Å². The molecule has 2 N–H and O–H groups in total. The number of para-hydroxylation sites is 1. The van der Waals surface area contributed by atoms with Gasteiger partial charge in [-0.05, 0) is 37.1 Å².